The molecule has 1 aliphatic rings. The molecule has 0 aromatic heterocycles. The van der Waals surface area contributed by atoms with Crippen molar-refractivity contribution in [1.82, 2.24) is 0 Å². The smallest absolute Gasteiger partial charge is 0.105 e. The maximum absolute atomic E-state index is 9.53. The number of hydrogen-bond acceptors (Lipinski definition) is 4. The monoisotopic (exact) mass is 405 g/mol. The zero-order valence-electron chi connectivity index (χ0n) is 11.0. The van der Waals surface area contributed by atoms with Gasteiger partial charge in [0.25, 0.3) is 0 Å². The first-order valence-electron chi connectivity index (χ1n) is 6.41. The number of anilines is 1. The summed E-state index contributed by atoms with van der Waals surface area (Å²) < 4.78 is 1.11. The first kappa shape index (κ1) is 14.4. The average Bonchev–Trinajstić information content (AvgIpc) is 2.46. The van der Waals surface area contributed by atoms with Crippen molar-refractivity contribution in [3.05, 3.63) is 57.2 Å². The highest BCUT2D eigenvalue weighted by Crippen LogP contribution is 2.46. The zero-order chi connectivity index (χ0) is 15.0. The van der Waals surface area contributed by atoms with Crippen LogP contribution in [0.3, 0.4) is 0 Å². The van der Waals surface area contributed by atoms with Gasteiger partial charge in [0.05, 0.1) is 11.1 Å². The Bertz CT molecular complexity index is 766. The van der Waals surface area contributed by atoms with Crippen LogP contribution in [0, 0.1) is 26.2 Å². The van der Waals surface area contributed by atoms with E-state index < -0.39 is 5.92 Å². The Morgan fingerprint density at radius 1 is 1.19 bits per heavy atom. The van der Waals surface area contributed by atoms with Gasteiger partial charge in [0.15, 0.2) is 0 Å². The number of nitrogen functional groups attached to an aromatic ring is 1. The van der Waals surface area contributed by atoms with E-state index in [-0.39, 0.29) is 5.92 Å². The summed E-state index contributed by atoms with van der Waals surface area (Å²) in [5.41, 5.74) is 8.73. The van der Waals surface area contributed by atoms with Crippen molar-refractivity contribution in [2.45, 2.75) is 10.8 Å². The molecule has 0 fully saturated rings. The Morgan fingerprint density at radius 2 is 1.95 bits per heavy atom. The molecule has 3 rings (SSSR count). The highest BCUT2D eigenvalue weighted by atomic mass is 127. The maximum Gasteiger partial charge on any atom is 0.105 e. The molecule has 0 saturated carbocycles. The van der Waals surface area contributed by atoms with Gasteiger partial charge in [-0.1, -0.05) is 36.0 Å². The van der Waals surface area contributed by atoms with Crippen LogP contribution >= 0.6 is 34.4 Å². The van der Waals surface area contributed by atoms with Crippen LogP contribution in [0.25, 0.3) is 0 Å². The van der Waals surface area contributed by atoms with Crippen molar-refractivity contribution in [2.75, 3.05) is 5.73 Å². The van der Waals surface area contributed by atoms with Crippen molar-refractivity contribution >= 4 is 45.1 Å². The lowest BCUT2D eigenvalue weighted by Gasteiger charge is -2.30. The van der Waals surface area contributed by atoms with E-state index >= 15 is 0 Å². The molecule has 0 aliphatic carbocycles. The molecule has 0 saturated heterocycles. The lowest BCUT2D eigenvalue weighted by atomic mass is 9.81. The number of fused-ring (bicyclic) bond motifs is 1. The number of rotatable bonds is 1. The number of nitriles is 1. The van der Waals surface area contributed by atoms with Gasteiger partial charge in [0, 0.05) is 20.1 Å². The molecule has 0 spiro atoms. The van der Waals surface area contributed by atoms with Crippen molar-refractivity contribution in [3.8, 4) is 6.07 Å². The third-order valence-electron chi connectivity index (χ3n) is 3.59. The first-order valence-corrected chi connectivity index (χ1v) is 8.31. The maximum atomic E-state index is 9.53. The largest absolute Gasteiger partial charge is 0.399 e. The number of nitrogens with two attached hydrogens (primary N) is 1. The van der Waals surface area contributed by atoms with Gasteiger partial charge in [-0.05, 0) is 51.9 Å². The molecule has 5 heteroatoms. The van der Waals surface area contributed by atoms with Gasteiger partial charge >= 0.3 is 0 Å². The summed E-state index contributed by atoms with van der Waals surface area (Å²) in [5, 5.41) is 18.1. The molecule has 1 aliphatic heterocycles. The summed E-state index contributed by atoms with van der Waals surface area (Å²) in [7, 11) is 0. The van der Waals surface area contributed by atoms with Crippen molar-refractivity contribution in [3.63, 3.8) is 0 Å². The van der Waals surface area contributed by atoms with E-state index in [4.69, 9.17) is 11.1 Å². The van der Waals surface area contributed by atoms with Gasteiger partial charge in [-0.15, -0.1) is 0 Å². The molecule has 2 atom stereocenters. The minimum Gasteiger partial charge on any atom is -0.399 e. The lowest BCUT2D eigenvalue weighted by Crippen LogP contribution is -2.24. The molecule has 104 valence electrons. The van der Waals surface area contributed by atoms with Crippen LogP contribution in [0.1, 0.15) is 17.0 Å². The first-order chi connectivity index (χ1) is 10.1. The van der Waals surface area contributed by atoms with Gasteiger partial charge in [-0.2, -0.15) is 5.26 Å². The van der Waals surface area contributed by atoms with E-state index in [0.717, 1.165) is 19.6 Å². The van der Waals surface area contributed by atoms with E-state index in [1.807, 2.05) is 42.5 Å². The Balaban J connectivity index is 2.23. The number of hydrogen-bond donors (Lipinski definition) is 2. The predicted octanol–water partition coefficient (Wildman–Crippen LogP) is 4.23. The van der Waals surface area contributed by atoms with Crippen LogP contribution in [-0.2, 0) is 0 Å². The summed E-state index contributed by atoms with van der Waals surface area (Å²) in [6, 6.07) is 16.1. The third kappa shape index (κ3) is 2.54. The molecule has 0 bridgehead atoms. The fraction of sp³-hybridized carbons (Fsp3) is 0.125. The van der Waals surface area contributed by atoms with Crippen molar-refractivity contribution < 1.29 is 0 Å². The van der Waals surface area contributed by atoms with Gasteiger partial charge in [0.2, 0.25) is 0 Å². The van der Waals surface area contributed by atoms with E-state index in [1.54, 1.807) is 0 Å². The Kier molecular flexibility index (Phi) is 3.91. The van der Waals surface area contributed by atoms with Gasteiger partial charge in [-0.3, -0.25) is 5.41 Å². The second-order valence-electron chi connectivity index (χ2n) is 4.87. The minimum absolute atomic E-state index is 0.104. The molecule has 0 amide bonds. The van der Waals surface area contributed by atoms with Crippen LogP contribution in [0.4, 0.5) is 5.69 Å². The lowest BCUT2D eigenvalue weighted by molar-refractivity contribution is 0.712. The fourth-order valence-electron chi connectivity index (χ4n) is 2.62. The fourth-order valence-corrected chi connectivity index (χ4v) is 4.40. The standard InChI is InChI=1S/C16H12IN3S/c17-13-4-2-1-3-10(13)15-11-6-5-9(19)7-14(11)21-16(20)12(15)8-18/h1-7,12,15,20H,19H2/t12?,15-/m0/s1. The number of benzene rings is 2. The number of nitrogens with zero attached hydrogens (tertiary/aromatic N) is 1. The van der Waals surface area contributed by atoms with Crippen molar-refractivity contribution in [1.29, 1.82) is 10.7 Å². The molecule has 21 heavy (non-hydrogen) atoms. The topological polar surface area (TPSA) is 73.7 Å². The number of halogens is 1. The summed E-state index contributed by atoms with van der Waals surface area (Å²) in [6.45, 7) is 0. The Hall–Kier alpha value is -1.52. The molecule has 2 aromatic carbocycles. The Labute approximate surface area is 141 Å². The molecule has 2 aromatic rings. The highest BCUT2D eigenvalue weighted by Gasteiger charge is 2.36. The van der Waals surface area contributed by atoms with Gasteiger partial charge in [0.1, 0.15) is 5.92 Å². The van der Waals surface area contributed by atoms with Crippen molar-refractivity contribution in [2.24, 2.45) is 5.92 Å². The molecule has 3 nitrogen and oxygen atoms in total. The average molecular weight is 405 g/mol. The molecular weight excluding hydrogens is 393 g/mol. The minimum atomic E-state index is -0.443. The summed E-state index contributed by atoms with van der Waals surface area (Å²) >= 11 is 3.63. The highest BCUT2D eigenvalue weighted by molar-refractivity contribution is 14.1. The summed E-state index contributed by atoms with van der Waals surface area (Å²) in [4.78, 5) is 0.983. The van der Waals surface area contributed by atoms with E-state index in [2.05, 4.69) is 28.7 Å². The molecule has 3 N–H and O–H groups in total. The second kappa shape index (κ2) is 5.70. The van der Waals surface area contributed by atoms with Crippen LogP contribution in [0.2, 0.25) is 0 Å². The van der Waals surface area contributed by atoms with E-state index in [1.165, 1.54) is 11.8 Å². The van der Waals surface area contributed by atoms with Crippen LogP contribution in [0.5, 0.6) is 0 Å². The Morgan fingerprint density at radius 3 is 2.67 bits per heavy atom. The summed E-state index contributed by atoms with van der Waals surface area (Å²) in [5.74, 6) is -0.547. The third-order valence-corrected chi connectivity index (χ3v) is 5.62. The van der Waals surface area contributed by atoms with E-state index in [0.29, 0.717) is 10.7 Å². The molecule has 0 radical (unpaired) electrons. The van der Waals surface area contributed by atoms with Gasteiger partial charge < -0.3 is 5.73 Å². The zero-order valence-corrected chi connectivity index (χ0v) is 14.0. The molecular formula is C16H12IN3S. The van der Waals surface area contributed by atoms with Crippen LogP contribution < -0.4 is 5.73 Å². The quantitative estimate of drug-likeness (QED) is 0.551. The summed E-state index contributed by atoms with van der Waals surface area (Å²) in [6.07, 6.45) is 0. The van der Waals surface area contributed by atoms with Crippen LogP contribution in [0.15, 0.2) is 47.4 Å². The second-order valence-corrected chi connectivity index (χ2v) is 7.12. The molecule has 1 heterocycles. The predicted molar refractivity (Wildman–Crippen MR) is 94.5 cm³/mol. The molecule has 1 unspecified atom stereocenters. The normalized spacial score (nSPS) is 20.7. The van der Waals surface area contributed by atoms with E-state index in [9.17, 15) is 5.26 Å². The van der Waals surface area contributed by atoms with Crippen LogP contribution in [-0.4, -0.2) is 5.04 Å². The SMILES string of the molecule is N#CC1C(=N)Sc2cc(N)ccc2[C@@H]1c1ccccc1I. The number of nitrogens with one attached hydrogen (secondary N) is 1. The van der Waals surface area contributed by atoms with Gasteiger partial charge in [-0.25, -0.2) is 0 Å². The number of thioether (sulfide) groups is 1.